The largest absolute Gasteiger partial charge is 0.494 e. The van der Waals surface area contributed by atoms with E-state index in [0.29, 0.717) is 42.6 Å². The average Bonchev–Trinajstić information content (AvgIpc) is 2.85. The van der Waals surface area contributed by atoms with Crippen LogP contribution in [0.5, 0.6) is 17.2 Å². The van der Waals surface area contributed by atoms with Crippen LogP contribution in [0.1, 0.15) is 36.2 Å². The van der Waals surface area contributed by atoms with Gasteiger partial charge in [-0.3, -0.25) is 9.78 Å². The molecule has 2 aromatic carbocycles. The number of benzene rings is 2. The van der Waals surface area contributed by atoms with Crippen LogP contribution in [0.25, 0.3) is 0 Å². The van der Waals surface area contributed by atoms with Crippen LogP contribution in [-0.4, -0.2) is 30.6 Å². The fraction of sp³-hybridized carbons (Fsp3) is 0.269. The van der Waals surface area contributed by atoms with Crippen molar-refractivity contribution in [2.45, 2.75) is 26.9 Å². The van der Waals surface area contributed by atoms with Gasteiger partial charge in [-0.15, -0.1) is 0 Å². The van der Waals surface area contributed by atoms with E-state index >= 15 is 0 Å². The Morgan fingerprint density at radius 1 is 1.00 bits per heavy atom. The van der Waals surface area contributed by atoms with Crippen LogP contribution in [-0.2, 0) is 6.61 Å². The summed E-state index contributed by atoms with van der Waals surface area (Å²) < 4.78 is 17.1. The monoisotopic (exact) mass is 445 g/mol. The number of aromatic nitrogens is 1. The summed E-state index contributed by atoms with van der Waals surface area (Å²) in [6.07, 6.45) is 3.66. The number of pyridine rings is 1. The fourth-order valence-electron chi connectivity index (χ4n) is 3.23. The maximum atomic E-state index is 13.4. The van der Waals surface area contributed by atoms with Gasteiger partial charge in [0.05, 0.1) is 25.7 Å². The summed E-state index contributed by atoms with van der Waals surface area (Å²) in [5.41, 5.74) is 2.06. The van der Waals surface area contributed by atoms with Crippen molar-refractivity contribution in [2.24, 2.45) is 0 Å². The Bertz CT molecular complexity index is 1080. The number of carbonyl (C=O) groups excluding carboxylic acids is 1. The van der Waals surface area contributed by atoms with E-state index in [4.69, 9.17) is 19.5 Å². The van der Waals surface area contributed by atoms with Crippen molar-refractivity contribution in [3.05, 3.63) is 78.1 Å². The first kappa shape index (κ1) is 23.6. The molecule has 0 unspecified atom stereocenters. The van der Waals surface area contributed by atoms with Crippen LogP contribution in [0.3, 0.4) is 0 Å². The SMILES string of the molecule is CCOc1ccc(N(CCC#N)C(=O)c2ccc(OCc3cccnc3)c(OCC)c2)cc1. The molecule has 7 heteroatoms. The maximum Gasteiger partial charge on any atom is 0.258 e. The van der Waals surface area contributed by atoms with Gasteiger partial charge in [0.2, 0.25) is 0 Å². The summed E-state index contributed by atoms with van der Waals surface area (Å²) in [7, 11) is 0. The van der Waals surface area contributed by atoms with Crippen LogP contribution in [0.15, 0.2) is 67.0 Å². The number of anilines is 1. The predicted molar refractivity (Wildman–Crippen MR) is 126 cm³/mol. The second-order valence-corrected chi connectivity index (χ2v) is 7.04. The minimum Gasteiger partial charge on any atom is -0.494 e. The maximum absolute atomic E-state index is 13.4. The lowest BCUT2D eigenvalue weighted by Crippen LogP contribution is -2.31. The van der Waals surface area contributed by atoms with E-state index in [1.807, 2.05) is 50.2 Å². The summed E-state index contributed by atoms with van der Waals surface area (Å²) >= 11 is 0. The molecule has 170 valence electrons. The third kappa shape index (κ3) is 6.47. The Hall–Kier alpha value is -4.05. The summed E-state index contributed by atoms with van der Waals surface area (Å²) in [4.78, 5) is 19.1. The number of carbonyl (C=O) groups is 1. The van der Waals surface area contributed by atoms with Gasteiger partial charge >= 0.3 is 0 Å². The molecule has 0 spiro atoms. The van der Waals surface area contributed by atoms with Crippen molar-refractivity contribution in [1.82, 2.24) is 4.98 Å². The van der Waals surface area contributed by atoms with E-state index in [1.54, 1.807) is 35.5 Å². The Labute approximate surface area is 194 Å². The van der Waals surface area contributed by atoms with Crippen molar-refractivity contribution in [1.29, 1.82) is 5.26 Å². The third-order valence-electron chi connectivity index (χ3n) is 4.76. The molecule has 1 amide bonds. The Morgan fingerprint density at radius 3 is 2.45 bits per heavy atom. The van der Waals surface area contributed by atoms with Crippen molar-refractivity contribution in [2.75, 3.05) is 24.7 Å². The first-order valence-corrected chi connectivity index (χ1v) is 10.9. The number of rotatable bonds is 11. The van der Waals surface area contributed by atoms with Gasteiger partial charge in [0.1, 0.15) is 12.4 Å². The molecule has 3 aromatic rings. The number of hydrogen-bond acceptors (Lipinski definition) is 6. The highest BCUT2D eigenvalue weighted by atomic mass is 16.5. The molecule has 0 bridgehead atoms. The first-order valence-electron chi connectivity index (χ1n) is 10.9. The van der Waals surface area contributed by atoms with Gasteiger partial charge in [-0.25, -0.2) is 0 Å². The summed E-state index contributed by atoms with van der Waals surface area (Å²) in [6, 6.07) is 18.3. The van der Waals surface area contributed by atoms with E-state index in [9.17, 15) is 4.79 Å². The Balaban J connectivity index is 1.84. The minimum absolute atomic E-state index is 0.212. The molecule has 0 saturated carbocycles. The standard InChI is InChI=1S/C26H27N3O4/c1-3-31-23-11-9-22(10-12-23)29(16-6-14-27)26(30)21-8-13-24(25(17-21)32-4-2)33-19-20-7-5-15-28-18-20/h5,7-13,15,17-18H,3-4,6,16,19H2,1-2H3. The van der Waals surface area contributed by atoms with E-state index in [1.165, 1.54) is 0 Å². The molecule has 0 fully saturated rings. The quantitative estimate of drug-likeness (QED) is 0.412. The van der Waals surface area contributed by atoms with E-state index in [-0.39, 0.29) is 18.9 Å². The molecule has 1 heterocycles. The lowest BCUT2D eigenvalue weighted by Gasteiger charge is -2.23. The second-order valence-electron chi connectivity index (χ2n) is 7.04. The molecule has 0 atom stereocenters. The topological polar surface area (TPSA) is 84.7 Å². The highest BCUT2D eigenvalue weighted by Crippen LogP contribution is 2.31. The average molecular weight is 446 g/mol. The zero-order chi connectivity index (χ0) is 23.5. The van der Waals surface area contributed by atoms with Crippen LogP contribution in [0, 0.1) is 11.3 Å². The summed E-state index contributed by atoms with van der Waals surface area (Å²) in [5, 5.41) is 9.08. The molecule has 7 nitrogen and oxygen atoms in total. The molecule has 3 rings (SSSR count). The molecular weight excluding hydrogens is 418 g/mol. The van der Waals surface area contributed by atoms with Gasteiger partial charge in [0.15, 0.2) is 11.5 Å². The molecule has 0 N–H and O–H groups in total. The van der Waals surface area contributed by atoms with Gasteiger partial charge in [-0.05, 0) is 62.4 Å². The molecule has 0 aliphatic rings. The minimum atomic E-state index is -0.228. The normalized spacial score (nSPS) is 10.2. The van der Waals surface area contributed by atoms with Crippen LogP contribution in [0.2, 0.25) is 0 Å². The first-order chi connectivity index (χ1) is 16.2. The molecule has 1 aromatic heterocycles. The molecule has 33 heavy (non-hydrogen) atoms. The lowest BCUT2D eigenvalue weighted by molar-refractivity contribution is 0.0987. The van der Waals surface area contributed by atoms with E-state index in [2.05, 4.69) is 11.1 Å². The third-order valence-corrected chi connectivity index (χ3v) is 4.76. The highest BCUT2D eigenvalue weighted by molar-refractivity contribution is 6.06. The fourth-order valence-corrected chi connectivity index (χ4v) is 3.23. The lowest BCUT2D eigenvalue weighted by atomic mass is 10.1. The number of nitrogens with zero attached hydrogens (tertiary/aromatic N) is 3. The van der Waals surface area contributed by atoms with Crippen molar-refractivity contribution < 1.29 is 19.0 Å². The van der Waals surface area contributed by atoms with Crippen molar-refractivity contribution in [3.63, 3.8) is 0 Å². The molecule has 0 saturated heterocycles. The van der Waals surface area contributed by atoms with Gasteiger partial charge in [0, 0.05) is 35.8 Å². The van der Waals surface area contributed by atoms with Gasteiger partial charge in [-0.2, -0.15) is 5.26 Å². The van der Waals surface area contributed by atoms with Crippen LogP contribution < -0.4 is 19.1 Å². The number of nitriles is 1. The highest BCUT2D eigenvalue weighted by Gasteiger charge is 2.20. The van der Waals surface area contributed by atoms with Gasteiger partial charge < -0.3 is 19.1 Å². The summed E-state index contributed by atoms with van der Waals surface area (Å²) in [6.45, 7) is 5.38. The Kier molecular flexibility index (Phi) is 8.66. The number of amides is 1. The summed E-state index contributed by atoms with van der Waals surface area (Å²) in [5.74, 6) is 1.53. The van der Waals surface area contributed by atoms with E-state index < -0.39 is 0 Å². The van der Waals surface area contributed by atoms with Crippen molar-refractivity contribution in [3.8, 4) is 23.3 Å². The molecule has 0 aliphatic carbocycles. The van der Waals surface area contributed by atoms with Crippen LogP contribution in [0.4, 0.5) is 5.69 Å². The zero-order valence-electron chi connectivity index (χ0n) is 18.9. The predicted octanol–water partition coefficient (Wildman–Crippen LogP) is 5.02. The number of hydrogen-bond donors (Lipinski definition) is 0. The number of ether oxygens (including phenoxy) is 3. The van der Waals surface area contributed by atoms with E-state index in [0.717, 1.165) is 11.3 Å². The second kappa shape index (κ2) is 12.1. The van der Waals surface area contributed by atoms with Crippen molar-refractivity contribution >= 4 is 11.6 Å². The smallest absolute Gasteiger partial charge is 0.258 e. The Morgan fingerprint density at radius 2 is 1.79 bits per heavy atom. The van der Waals surface area contributed by atoms with Crippen LogP contribution >= 0.6 is 0 Å². The van der Waals surface area contributed by atoms with Gasteiger partial charge in [-0.1, -0.05) is 6.07 Å². The van der Waals surface area contributed by atoms with Gasteiger partial charge in [0.25, 0.3) is 5.91 Å². The zero-order valence-corrected chi connectivity index (χ0v) is 18.9. The molecule has 0 radical (unpaired) electrons. The molecule has 0 aliphatic heterocycles. The molecular formula is C26H27N3O4.